The molecule has 11 heteroatoms. The van der Waals surface area contributed by atoms with Crippen LogP contribution in [0.25, 0.3) is 11.3 Å². The van der Waals surface area contributed by atoms with Crippen LogP contribution in [0.4, 0.5) is 22.0 Å². The van der Waals surface area contributed by atoms with Gasteiger partial charge in [-0.3, -0.25) is 0 Å². The highest BCUT2D eigenvalue weighted by molar-refractivity contribution is 6.30. The maximum atomic E-state index is 13.7. The SMILES string of the molecule is COc1ccc(COc2cc(OCc3cc(F)c(Cl)c(F)c3)ncc2-c2cc(C(F)(F)F)c[nH]2)cc1. The van der Waals surface area contributed by atoms with E-state index in [1.165, 1.54) is 19.4 Å². The Hall–Kier alpha value is -3.79. The second-order valence-corrected chi connectivity index (χ2v) is 8.00. The van der Waals surface area contributed by atoms with E-state index in [0.717, 1.165) is 30.0 Å². The monoisotopic (exact) mass is 524 g/mol. The third-order valence-corrected chi connectivity index (χ3v) is 5.49. The van der Waals surface area contributed by atoms with Gasteiger partial charge in [0.2, 0.25) is 5.88 Å². The Labute approximate surface area is 207 Å². The Bertz CT molecular complexity index is 1330. The van der Waals surface area contributed by atoms with Crippen molar-refractivity contribution < 1.29 is 36.2 Å². The van der Waals surface area contributed by atoms with Crippen molar-refractivity contribution in [2.24, 2.45) is 0 Å². The molecule has 0 saturated heterocycles. The molecule has 4 rings (SSSR count). The second kappa shape index (κ2) is 10.4. The quantitative estimate of drug-likeness (QED) is 0.196. The molecule has 0 amide bonds. The number of hydrogen-bond donors (Lipinski definition) is 1. The number of halogens is 6. The van der Waals surface area contributed by atoms with Crippen LogP contribution in [0.5, 0.6) is 17.4 Å². The fourth-order valence-corrected chi connectivity index (χ4v) is 3.37. The van der Waals surface area contributed by atoms with Crippen LogP contribution in [0, 0.1) is 11.6 Å². The van der Waals surface area contributed by atoms with E-state index >= 15 is 0 Å². The van der Waals surface area contributed by atoms with Gasteiger partial charge in [0, 0.05) is 18.5 Å². The molecule has 4 aromatic rings. The number of aromatic nitrogens is 2. The van der Waals surface area contributed by atoms with Gasteiger partial charge in [-0.15, -0.1) is 0 Å². The largest absolute Gasteiger partial charge is 0.497 e. The number of benzene rings is 2. The normalized spacial score (nSPS) is 11.4. The molecule has 0 aliphatic heterocycles. The number of H-pyrrole nitrogens is 1. The summed E-state index contributed by atoms with van der Waals surface area (Å²) in [6.07, 6.45) is -2.40. The van der Waals surface area contributed by atoms with E-state index in [9.17, 15) is 22.0 Å². The topological polar surface area (TPSA) is 56.4 Å². The Kier molecular flexibility index (Phi) is 7.35. The Balaban J connectivity index is 1.60. The number of nitrogens with zero attached hydrogens (tertiary/aromatic N) is 1. The number of methoxy groups -OCH3 is 1. The first-order valence-corrected chi connectivity index (χ1v) is 10.8. The molecule has 0 aliphatic rings. The van der Waals surface area contributed by atoms with Crippen LogP contribution >= 0.6 is 11.6 Å². The summed E-state index contributed by atoms with van der Waals surface area (Å²) in [7, 11) is 1.54. The van der Waals surface area contributed by atoms with Crippen molar-refractivity contribution in [1.82, 2.24) is 9.97 Å². The van der Waals surface area contributed by atoms with Gasteiger partial charge in [0.25, 0.3) is 0 Å². The lowest BCUT2D eigenvalue weighted by molar-refractivity contribution is -0.137. The van der Waals surface area contributed by atoms with Crippen molar-refractivity contribution in [2.75, 3.05) is 7.11 Å². The van der Waals surface area contributed by atoms with Gasteiger partial charge in [-0.05, 0) is 41.5 Å². The van der Waals surface area contributed by atoms with Gasteiger partial charge >= 0.3 is 6.18 Å². The highest BCUT2D eigenvalue weighted by atomic mass is 35.5. The molecule has 0 saturated carbocycles. The summed E-state index contributed by atoms with van der Waals surface area (Å²) in [5.41, 5.74) is 0.476. The van der Waals surface area contributed by atoms with Gasteiger partial charge in [0.05, 0.1) is 23.9 Å². The molecule has 2 aromatic carbocycles. The minimum Gasteiger partial charge on any atom is -0.497 e. The molecule has 0 bridgehead atoms. The van der Waals surface area contributed by atoms with E-state index in [4.69, 9.17) is 25.8 Å². The fourth-order valence-electron chi connectivity index (χ4n) is 3.26. The van der Waals surface area contributed by atoms with Gasteiger partial charge in [-0.1, -0.05) is 23.7 Å². The molecular weight excluding hydrogens is 507 g/mol. The molecule has 0 fully saturated rings. The highest BCUT2D eigenvalue weighted by Gasteiger charge is 2.32. The number of aromatic amines is 1. The maximum absolute atomic E-state index is 13.7. The first kappa shape index (κ1) is 25.3. The van der Waals surface area contributed by atoms with Crippen molar-refractivity contribution in [3.63, 3.8) is 0 Å². The van der Waals surface area contributed by atoms with Crippen LogP contribution < -0.4 is 14.2 Å². The average molecular weight is 525 g/mol. The molecule has 2 aromatic heterocycles. The Morgan fingerprint density at radius 3 is 2.19 bits per heavy atom. The summed E-state index contributed by atoms with van der Waals surface area (Å²) in [5, 5.41) is -0.625. The minimum absolute atomic E-state index is 0.0295. The highest BCUT2D eigenvalue weighted by Crippen LogP contribution is 2.36. The molecule has 0 aliphatic carbocycles. The van der Waals surface area contributed by atoms with Gasteiger partial charge in [-0.2, -0.15) is 13.2 Å². The average Bonchev–Trinajstić information content (AvgIpc) is 3.36. The lowest BCUT2D eigenvalue weighted by atomic mass is 10.1. The first-order chi connectivity index (χ1) is 17.1. The zero-order valence-corrected chi connectivity index (χ0v) is 19.4. The molecule has 1 N–H and O–H groups in total. The van der Waals surface area contributed by atoms with E-state index in [1.54, 1.807) is 24.3 Å². The number of alkyl halides is 3. The summed E-state index contributed by atoms with van der Waals surface area (Å²) in [6, 6.07) is 11.4. The summed E-state index contributed by atoms with van der Waals surface area (Å²) in [5.74, 6) is -1.01. The predicted molar refractivity (Wildman–Crippen MR) is 122 cm³/mol. The van der Waals surface area contributed by atoms with Crippen LogP contribution in [-0.4, -0.2) is 17.1 Å². The van der Waals surface area contributed by atoms with Crippen LogP contribution in [-0.2, 0) is 19.4 Å². The molecule has 0 unspecified atom stereocenters. The van der Waals surface area contributed by atoms with E-state index < -0.39 is 28.4 Å². The third-order valence-electron chi connectivity index (χ3n) is 5.13. The number of hydrogen-bond acceptors (Lipinski definition) is 4. The van der Waals surface area contributed by atoms with Gasteiger partial charge < -0.3 is 19.2 Å². The third kappa shape index (κ3) is 5.88. The van der Waals surface area contributed by atoms with Crippen molar-refractivity contribution in [3.05, 3.63) is 94.3 Å². The van der Waals surface area contributed by atoms with Crippen molar-refractivity contribution >= 4 is 11.6 Å². The number of pyridine rings is 1. The van der Waals surface area contributed by atoms with Gasteiger partial charge in [0.15, 0.2) is 0 Å². The zero-order valence-electron chi connectivity index (χ0n) is 18.6. The lowest BCUT2D eigenvalue weighted by Gasteiger charge is -2.13. The molecule has 5 nitrogen and oxygen atoms in total. The van der Waals surface area contributed by atoms with E-state index in [2.05, 4.69) is 9.97 Å². The number of nitrogens with one attached hydrogen (secondary N) is 1. The minimum atomic E-state index is -4.53. The number of rotatable bonds is 8. The van der Waals surface area contributed by atoms with E-state index in [-0.39, 0.29) is 41.7 Å². The standard InChI is InChI=1S/C25H18ClF5N2O3/c1-34-17-4-2-14(3-5-17)12-35-22-9-23(36-13-15-6-19(27)24(26)20(28)7-15)33-11-18(22)21-8-16(10-32-21)25(29,30)31/h2-11,32H,12-13H2,1H3. The van der Waals surface area contributed by atoms with Crippen LogP contribution in [0.3, 0.4) is 0 Å². The predicted octanol–water partition coefficient (Wildman–Crippen LogP) is 7.19. The Morgan fingerprint density at radius 2 is 1.58 bits per heavy atom. The summed E-state index contributed by atoms with van der Waals surface area (Å²) >= 11 is 5.50. The molecule has 0 radical (unpaired) electrons. The van der Waals surface area contributed by atoms with E-state index in [1.807, 2.05) is 0 Å². The summed E-state index contributed by atoms with van der Waals surface area (Å²) < 4.78 is 83.3. The molecule has 0 atom stereocenters. The van der Waals surface area contributed by atoms with Crippen LogP contribution in [0.15, 0.2) is 60.9 Å². The summed E-state index contributed by atoms with van der Waals surface area (Å²) in [4.78, 5) is 6.69. The second-order valence-electron chi connectivity index (χ2n) is 7.62. The van der Waals surface area contributed by atoms with Gasteiger partial charge in [0.1, 0.15) is 41.4 Å². The van der Waals surface area contributed by atoms with Crippen LogP contribution in [0.1, 0.15) is 16.7 Å². The molecule has 0 spiro atoms. The van der Waals surface area contributed by atoms with E-state index in [0.29, 0.717) is 5.75 Å². The lowest BCUT2D eigenvalue weighted by Crippen LogP contribution is -2.02. The molecule has 188 valence electrons. The van der Waals surface area contributed by atoms with Crippen LogP contribution in [0.2, 0.25) is 5.02 Å². The zero-order chi connectivity index (χ0) is 25.9. The molecular formula is C25H18ClF5N2O3. The smallest absolute Gasteiger partial charge is 0.417 e. The number of ether oxygens (including phenoxy) is 3. The molecule has 36 heavy (non-hydrogen) atoms. The Morgan fingerprint density at radius 1 is 0.917 bits per heavy atom. The van der Waals surface area contributed by atoms with Crippen molar-refractivity contribution in [3.8, 4) is 28.6 Å². The maximum Gasteiger partial charge on any atom is 0.417 e. The fraction of sp³-hybridized carbons (Fsp3) is 0.160. The van der Waals surface area contributed by atoms with Crippen molar-refractivity contribution in [1.29, 1.82) is 0 Å². The first-order valence-electron chi connectivity index (χ1n) is 10.4. The van der Waals surface area contributed by atoms with Crippen molar-refractivity contribution in [2.45, 2.75) is 19.4 Å². The summed E-state index contributed by atoms with van der Waals surface area (Å²) in [6.45, 7) is -0.156. The molecule has 2 heterocycles. The van der Waals surface area contributed by atoms with Gasteiger partial charge in [-0.25, -0.2) is 13.8 Å².